The van der Waals surface area contributed by atoms with Gasteiger partial charge < -0.3 is 10.6 Å². The van der Waals surface area contributed by atoms with Crippen LogP contribution >= 0.6 is 11.3 Å². The summed E-state index contributed by atoms with van der Waals surface area (Å²) < 4.78 is 26.9. The van der Waals surface area contributed by atoms with E-state index >= 15 is 0 Å². The van der Waals surface area contributed by atoms with Crippen LogP contribution < -0.4 is 10.6 Å². The molecule has 0 radical (unpaired) electrons. The molecule has 1 atom stereocenters. The molecule has 0 saturated carbocycles. The minimum atomic E-state index is -3.37. The van der Waals surface area contributed by atoms with Gasteiger partial charge in [0.1, 0.15) is 4.21 Å². The fourth-order valence-electron chi connectivity index (χ4n) is 3.24. The normalized spacial score (nSPS) is 22.1. The van der Waals surface area contributed by atoms with Crippen LogP contribution in [0.1, 0.15) is 30.6 Å². The number of thiophene rings is 1. The highest BCUT2D eigenvalue weighted by molar-refractivity contribution is 7.91. The van der Waals surface area contributed by atoms with Gasteiger partial charge in [-0.05, 0) is 56.8 Å². The standard InChI is InChI=1S/C16H25N3O3S2/c20-15(18-8-6-13-5-7-17-12-13)11-14-3-4-16(23-14)24(21,22)19-9-1-2-10-19/h3-4,13,17H,1-2,5-12H2,(H,18,20). The molecule has 3 heterocycles. The lowest BCUT2D eigenvalue weighted by Gasteiger charge is -2.13. The van der Waals surface area contributed by atoms with E-state index in [1.54, 1.807) is 16.4 Å². The van der Waals surface area contributed by atoms with Gasteiger partial charge in [-0.2, -0.15) is 4.31 Å². The number of nitrogens with one attached hydrogen (secondary N) is 2. The van der Waals surface area contributed by atoms with Gasteiger partial charge in [-0.3, -0.25) is 4.79 Å². The molecular weight excluding hydrogens is 346 g/mol. The van der Waals surface area contributed by atoms with Gasteiger partial charge in [0, 0.05) is 24.5 Å². The average molecular weight is 372 g/mol. The molecule has 2 aliphatic rings. The van der Waals surface area contributed by atoms with Gasteiger partial charge in [0.15, 0.2) is 0 Å². The molecule has 1 amide bonds. The number of carbonyl (C=O) groups is 1. The van der Waals surface area contributed by atoms with Gasteiger partial charge in [0.25, 0.3) is 10.0 Å². The van der Waals surface area contributed by atoms with Crippen LogP contribution in [0, 0.1) is 5.92 Å². The molecule has 0 bridgehead atoms. The highest BCUT2D eigenvalue weighted by Crippen LogP contribution is 2.27. The first-order chi connectivity index (χ1) is 11.6. The van der Waals surface area contributed by atoms with Crippen molar-refractivity contribution in [2.75, 3.05) is 32.7 Å². The summed E-state index contributed by atoms with van der Waals surface area (Å²) in [5.74, 6) is 0.622. The monoisotopic (exact) mass is 371 g/mol. The number of carbonyl (C=O) groups excluding carboxylic acids is 1. The van der Waals surface area contributed by atoms with E-state index < -0.39 is 10.0 Å². The van der Waals surface area contributed by atoms with Crippen molar-refractivity contribution in [2.24, 2.45) is 5.92 Å². The third-order valence-corrected chi connectivity index (χ3v) is 8.12. The zero-order valence-electron chi connectivity index (χ0n) is 13.8. The molecule has 1 aromatic heterocycles. The molecule has 2 saturated heterocycles. The lowest BCUT2D eigenvalue weighted by molar-refractivity contribution is -0.120. The molecular formula is C16H25N3O3S2. The molecule has 1 aromatic rings. The second-order valence-electron chi connectivity index (χ2n) is 6.51. The Kier molecular flexibility index (Phi) is 5.91. The predicted molar refractivity (Wildman–Crippen MR) is 94.6 cm³/mol. The Labute approximate surface area is 147 Å². The van der Waals surface area contributed by atoms with E-state index in [-0.39, 0.29) is 12.3 Å². The summed E-state index contributed by atoms with van der Waals surface area (Å²) in [4.78, 5) is 12.8. The Morgan fingerprint density at radius 2 is 2.12 bits per heavy atom. The first-order valence-electron chi connectivity index (χ1n) is 8.62. The third kappa shape index (κ3) is 4.36. The Hall–Kier alpha value is -0.960. The first kappa shape index (κ1) is 17.8. The fraction of sp³-hybridized carbons (Fsp3) is 0.688. The molecule has 3 rings (SSSR count). The summed E-state index contributed by atoms with van der Waals surface area (Å²) in [6.07, 6.45) is 4.28. The summed E-state index contributed by atoms with van der Waals surface area (Å²) in [5, 5.41) is 6.26. The van der Waals surface area contributed by atoms with Crippen molar-refractivity contribution in [1.29, 1.82) is 0 Å². The minimum Gasteiger partial charge on any atom is -0.356 e. The number of sulfonamides is 1. The lowest BCUT2D eigenvalue weighted by atomic mass is 10.1. The predicted octanol–water partition coefficient (Wildman–Crippen LogP) is 1.19. The van der Waals surface area contributed by atoms with Crippen LogP contribution in [0.3, 0.4) is 0 Å². The van der Waals surface area contributed by atoms with Crippen molar-refractivity contribution in [3.8, 4) is 0 Å². The molecule has 6 nitrogen and oxygen atoms in total. The Bertz CT molecular complexity index is 660. The topological polar surface area (TPSA) is 78.5 Å². The summed E-state index contributed by atoms with van der Waals surface area (Å²) in [7, 11) is -3.37. The molecule has 2 N–H and O–H groups in total. The number of hydrogen-bond acceptors (Lipinski definition) is 5. The van der Waals surface area contributed by atoms with E-state index in [2.05, 4.69) is 10.6 Å². The highest BCUT2D eigenvalue weighted by Gasteiger charge is 2.28. The Balaban J connectivity index is 1.49. The number of amides is 1. The van der Waals surface area contributed by atoms with E-state index in [1.807, 2.05) is 0 Å². The molecule has 8 heteroatoms. The van der Waals surface area contributed by atoms with Gasteiger partial charge in [0.2, 0.25) is 5.91 Å². The molecule has 24 heavy (non-hydrogen) atoms. The van der Waals surface area contributed by atoms with Crippen LogP contribution in [0.15, 0.2) is 16.3 Å². The van der Waals surface area contributed by atoms with Gasteiger partial charge in [-0.1, -0.05) is 0 Å². The molecule has 0 aliphatic carbocycles. The van der Waals surface area contributed by atoms with E-state index in [9.17, 15) is 13.2 Å². The van der Waals surface area contributed by atoms with Crippen LogP contribution in [0.2, 0.25) is 0 Å². The van der Waals surface area contributed by atoms with Gasteiger partial charge >= 0.3 is 0 Å². The quantitative estimate of drug-likeness (QED) is 0.755. The number of nitrogens with zero attached hydrogens (tertiary/aromatic N) is 1. The maximum atomic E-state index is 12.5. The van der Waals surface area contributed by atoms with E-state index in [0.717, 1.165) is 37.2 Å². The highest BCUT2D eigenvalue weighted by atomic mass is 32.2. The van der Waals surface area contributed by atoms with Crippen LogP contribution in [0.5, 0.6) is 0 Å². The second-order valence-corrected chi connectivity index (χ2v) is 9.84. The third-order valence-electron chi connectivity index (χ3n) is 4.67. The summed E-state index contributed by atoms with van der Waals surface area (Å²) in [6, 6.07) is 3.39. The van der Waals surface area contributed by atoms with E-state index in [0.29, 0.717) is 29.8 Å². The van der Waals surface area contributed by atoms with Crippen LogP contribution in [0.4, 0.5) is 0 Å². The van der Waals surface area contributed by atoms with Gasteiger partial charge in [-0.15, -0.1) is 11.3 Å². The van der Waals surface area contributed by atoms with Crippen LogP contribution in [-0.2, 0) is 21.2 Å². The first-order valence-corrected chi connectivity index (χ1v) is 10.9. The summed E-state index contributed by atoms with van der Waals surface area (Å²) in [6.45, 7) is 4.01. The molecule has 0 aromatic carbocycles. The molecule has 134 valence electrons. The summed E-state index contributed by atoms with van der Waals surface area (Å²) >= 11 is 1.21. The maximum Gasteiger partial charge on any atom is 0.252 e. The molecule has 1 unspecified atom stereocenters. The maximum absolute atomic E-state index is 12.5. The Morgan fingerprint density at radius 1 is 1.33 bits per heavy atom. The van der Waals surface area contributed by atoms with E-state index in [1.165, 1.54) is 17.8 Å². The smallest absolute Gasteiger partial charge is 0.252 e. The van der Waals surface area contributed by atoms with Crippen molar-refractivity contribution in [1.82, 2.24) is 14.9 Å². The van der Waals surface area contributed by atoms with Gasteiger partial charge in [0.05, 0.1) is 6.42 Å². The summed E-state index contributed by atoms with van der Waals surface area (Å²) in [5.41, 5.74) is 0. The zero-order valence-corrected chi connectivity index (χ0v) is 15.4. The van der Waals surface area contributed by atoms with Crippen LogP contribution in [-0.4, -0.2) is 51.4 Å². The number of hydrogen-bond donors (Lipinski definition) is 2. The van der Waals surface area contributed by atoms with Gasteiger partial charge in [-0.25, -0.2) is 8.42 Å². The lowest BCUT2D eigenvalue weighted by Crippen LogP contribution is -2.27. The van der Waals surface area contributed by atoms with Crippen molar-refractivity contribution < 1.29 is 13.2 Å². The largest absolute Gasteiger partial charge is 0.356 e. The van der Waals surface area contributed by atoms with Crippen molar-refractivity contribution in [2.45, 2.75) is 36.3 Å². The Morgan fingerprint density at radius 3 is 2.83 bits per heavy atom. The molecule has 2 aliphatic heterocycles. The minimum absolute atomic E-state index is 0.0343. The zero-order chi connectivity index (χ0) is 17.0. The van der Waals surface area contributed by atoms with E-state index in [4.69, 9.17) is 0 Å². The van der Waals surface area contributed by atoms with Crippen LogP contribution in [0.25, 0.3) is 0 Å². The van der Waals surface area contributed by atoms with Crippen molar-refractivity contribution in [3.05, 3.63) is 17.0 Å². The number of rotatable bonds is 7. The second kappa shape index (κ2) is 7.95. The van der Waals surface area contributed by atoms with Crippen molar-refractivity contribution >= 4 is 27.3 Å². The molecule has 2 fully saturated rings. The molecule has 0 spiro atoms. The average Bonchev–Trinajstić information content (AvgIpc) is 3.30. The SMILES string of the molecule is O=C(Cc1ccc(S(=O)(=O)N2CCCC2)s1)NCCC1CCNC1. The van der Waals surface area contributed by atoms with Crippen molar-refractivity contribution in [3.63, 3.8) is 0 Å². The fourth-order valence-corrected chi connectivity index (χ4v) is 6.27.